The van der Waals surface area contributed by atoms with E-state index >= 15 is 0 Å². The monoisotopic (exact) mass is 274 g/mol. The molecule has 20 heavy (non-hydrogen) atoms. The highest BCUT2D eigenvalue weighted by Gasteiger charge is 2.43. The molecule has 0 spiro atoms. The van der Waals surface area contributed by atoms with Crippen molar-refractivity contribution in [1.82, 2.24) is 19.9 Å². The number of hydrogen-bond acceptors (Lipinski definition) is 5. The summed E-state index contributed by atoms with van der Waals surface area (Å²) in [6, 6.07) is 0.260. The molecule has 0 aromatic carbocycles. The lowest BCUT2D eigenvalue weighted by Gasteiger charge is -2.46. The van der Waals surface area contributed by atoms with Crippen LogP contribution in [0.3, 0.4) is 0 Å². The Balaban J connectivity index is 2.04. The lowest BCUT2D eigenvalue weighted by Crippen LogP contribution is -2.46. The van der Waals surface area contributed by atoms with Gasteiger partial charge in [-0.25, -0.2) is 15.0 Å². The molecule has 2 aromatic rings. The predicted molar refractivity (Wildman–Crippen MR) is 79.0 cm³/mol. The minimum absolute atomic E-state index is 0.0910. The molecule has 3 rings (SSSR count). The SMILES string of the molecule is CC1C(N)CCC(c2nc3ncnc(N)c3[nH]2)C1(C)C. The zero-order valence-electron chi connectivity index (χ0n) is 12.2. The molecule has 108 valence electrons. The van der Waals surface area contributed by atoms with E-state index in [-0.39, 0.29) is 11.5 Å². The molecule has 0 amide bonds. The summed E-state index contributed by atoms with van der Waals surface area (Å²) >= 11 is 0. The molecule has 2 aromatic heterocycles. The Kier molecular flexibility index (Phi) is 2.93. The fourth-order valence-corrected chi connectivity index (χ4v) is 3.37. The number of nitrogens with one attached hydrogen (secondary N) is 1. The average molecular weight is 274 g/mol. The van der Waals surface area contributed by atoms with Crippen molar-refractivity contribution in [3.05, 3.63) is 12.2 Å². The maximum atomic E-state index is 6.22. The number of hydrogen-bond donors (Lipinski definition) is 3. The van der Waals surface area contributed by atoms with Gasteiger partial charge in [-0.3, -0.25) is 0 Å². The van der Waals surface area contributed by atoms with Crippen LogP contribution in [-0.2, 0) is 0 Å². The number of nitrogens with zero attached hydrogens (tertiary/aromatic N) is 3. The Hall–Kier alpha value is -1.69. The standard InChI is InChI=1S/C14H22N6/c1-7-9(15)5-4-8(14(7,2)3)12-19-10-11(16)17-6-18-13(10)20-12/h6-9H,4-5,15H2,1-3H3,(H3,16,17,18,19,20). The molecule has 6 heteroatoms. The van der Waals surface area contributed by atoms with Gasteiger partial charge in [-0.1, -0.05) is 20.8 Å². The maximum Gasteiger partial charge on any atom is 0.183 e. The summed E-state index contributed by atoms with van der Waals surface area (Å²) in [4.78, 5) is 16.1. The average Bonchev–Trinajstić information content (AvgIpc) is 2.81. The fraction of sp³-hybridized carbons (Fsp3) is 0.643. The lowest BCUT2D eigenvalue weighted by molar-refractivity contribution is 0.0954. The summed E-state index contributed by atoms with van der Waals surface area (Å²) in [7, 11) is 0. The molecule has 5 N–H and O–H groups in total. The molecule has 6 nitrogen and oxygen atoms in total. The molecular formula is C14H22N6. The van der Waals surface area contributed by atoms with Crippen molar-refractivity contribution >= 4 is 17.0 Å². The van der Waals surface area contributed by atoms with E-state index in [1.165, 1.54) is 6.33 Å². The van der Waals surface area contributed by atoms with Crippen LogP contribution in [0.1, 0.15) is 45.4 Å². The van der Waals surface area contributed by atoms with Gasteiger partial charge >= 0.3 is 0 Å². The van der Waals surface area contributed by atoms with E-state index < -0.39 is 0 Å². The van der Waals surface area contributed by atoms with Crippen molar-refractivity contribution in [1.29, 1.82) is 0 Å². The number of imidazole rings is 1. The molecule has 1 aliphatic rings. The summed E-state index contributed by atoms with van der Waals surface area (Å²) in [5.41, 5.74) is 13.6. The van der Waals surface area contributed by atoms with Crippen LogP contribution < -0.4 is 11.5 Å². The highest BCUT2D eigenvalue weighted by Crippen LogP contribution is 2.49. The molecule has 1 saturated carbocycles. The van der Waals surface area contributed by atoms with E-state index in [1.807, 2.05) is 0 Å². The van der Waals surface area contributed by atoms with E-state index in [4.69, 9.17) is 11.5 Å². The Morgan fingerprint density at radius 2 is 2.05 bits per heavy atom. The largest absolute Gasteiger partial charge is 0.382 e. The van der Waals surface area contributed by atoms with Crippen LogP contribution in [0.25, 0.3) is 11.2 Å². The van der Waals surface area contributed by atoms with Crippen LogP contribution in [0.2, 0.25) is 0 Å². The molecule has 3 unspecified atom stereocenters. The summed E-state index contributed by atoms with van der Waals surface area (Å²) in [5.74, 6) is 2.19. The summed E-state index contributed by atoms with van der Waals surface area (Å²) < 4.78 is 0. The Morgan fingerprint density at radius 3 is 2.75 bits per heavy atom. The van der Waals surface area contributed by atoms with Gasteiger partial charge in [0.1, 0.15) is 17.7 Å². The number of rotatable bonds is 1. The summed E-state index contributed by atoms with van der Waals surface area (Å²) in [6.45, 7) is 6.76. The van der Waals surface area contributed by atoms with Crippen LogP contribution in [0.15, 0.2) is 6.33 Å². The number of nitrogens with two attached hydrogens (primary N) is 2. The van der Waals surface area contributed by atoms with Crippen molar-refractivity contribution in [2.75, 3.05) is 5.73 Å². The van der Waals surface area contributed by atoms with Crippen molar-refractivity contribution in [3.63, 3.8) is 0 Å². The van der Waals surface area contributed by atoms with Gasteiger partial charge < -0.3 is 16.5 Å². The van der Waals surface area contributed by atoms with Crippen molar-refractivity contribution in [2.24, 2.45) is 17.1 Å². The smallest absolute Gasteiger partial charge is 0.183 e. The molecule has 0 radical (unpaired) electrons. The number of aromatic nitrogens is 4. The minimum atomic E-state index is 0.0910. The Labute approximate surface area is 118 Å². The van der Waals surface area contributed by atoms with Gasteiger partial charge in [0.2, 0.25) is 0 Å². The van der Waals surface area contributed by atoms with Gasteiger partial charge in [-0.2, -0.15) is 0 Å². The van der Waals surface area contributed by atoms with Crippen molar-refractivity contribution in [2.45, 2.75) is 45.6 Å². The second-order valence-electron chi connectivity index (χ2n) is 6.48. The van der Waals surface area contributed by atoms with Crippen LogP contribution in [0.5, 0.6) is 0 Å². The first-order valence-corrected chi connectivity index (χ1v) is 7.13. The summed E-state index contributed by atoms with van der Waals surface area (Å²) in [6.07, 6.45) is 3.51. The molecule has 1 fully saturated rings. The van der Waals surface area contributed by atoms with Gasteiger partial charge in [0, 0.05) is 12.0 Å². The number of anilines is 1. The zero-order valence-corrected chi connectivity index (χ0v) is 12.2. The highest BCUT2D eigenvalue weighted by atomic mass is 15.1. The summed E-state index contributed by atoms with van der Waals surface area (Å²) in [5, 5.41) is 0. The molecular weight excluding hydrogens is 252 g/mol. The van der Waals surface area contributed by atoms with Gasteiger partial charge in [0.25, 0.3) is 0 Å². The molecule has 0 aliphatic heterocycles. The highest BCUT2D eigenvalue weighted by molar-refractivity contribution is 5.81. The van der Waals surface area contributed by atoms with E-state index in [0.717, 1.165) is 24.2 Å². The van der Waals surface area contributed by atoms with Crippen molar-refractivity contribution in [3.8, 4) is 0 Å². The molecule has 0 saturated heterocycles. The van der Waals surface area contributed by atoms with Crippen LogP contribution in [0.4, 0.5) is 5.82 Å². The molecule has 0 bridgehead atoms. The molecule has 2 heterocycles. The second-order valence-corrected chi connectivity index (χ2v) is 6.48. The first-order chi connectivity index (χ1) is 9.41. The third kappa shape index (κ3) is 1.86. The number of H-pyrrole nitrogens is 1. The Bertz CT molecular complexity index is 632. The second kappa shape index (κ2) is 4.41. The lowest BCUT2D eigenvalue weighted by atomic mass is 9.61. The molecule has 3 atom stereocenters. The third-order valence-electron chi connectivity index (χ3n) is 5.17. The van der Waals surface area contributed by atoms with Crippen LogP contribution in [-0.4, -0.2) is 26.0 Å². The van der Waals surface area contributed by atoms with E-state index in [9.17, 15) is 0 Å². The first-order valence-electron chi connectivity index (χ1n) is 7.13. The van der Waals surface area contributed by atoms with Gasteiger partial charge in [-0.15, -0.1) is 0 Å². The van der Waals surface area contributed by atoms with Crippen molar-refractivity contribution < 1.29 is 0 Å². The minimum Gasteiger partial charge on any atom is -0.382 e. The topological polar surface area (TPSA) is 106 Å². The van der Waals surface area contributed by atoms with Gasteiger partial charge in [-0.05, 0) is 24.2 Å². The maximum absolute atomic E-state index is 6.22. The number of nitrogen functional groups attached to an aromatic ring is 1. The molecule has 1 aliphatic carbocycles. The van der Waals surface area contributed by atoms with Gasteiger partial charge in [0.05, 0.1) is 0 Å². The normalized spacial score (nSPS) is 29.7. The van der Waals surface area contributed by atoms with Crippen LogP contribution in [0, 0.1) is 11.3 Å². The van der Waals surface area contributed by atoms with E-state index in [0.29, 0.717) is 23.3 Å². The first kappa shape index (κ1) is 13.3. The van der Waals surface area contributed by atoms with Gasteiger partial charge in [0.15, 0.2) is 11.5 Å². The Morgan fingerprint density at radius 1 is 1.30 bits per heavy atom. The number of fused-ring (bicyclic) bond motifs is 1. The zero-order chi connectivity index (χ0) is 14.5. The fourth-order valence-electron chi connectivity index (χ4n) is 3.37. The predicted octanol–water partition coefficient (Wildman–Crippen LogP) is 1.80. The van der Waals surface area contributed by atoms with E-state index in [1.54, 1.807) is 0 Å². The van der Waals surface area contributed by atoms with Crippen LogP contribution >= 0.6 is 0 Å². The van der Waals surface area contributed by atoms with E-state index in [2.05, 4.69) is 40.7 Å². The third-order valence-corrected chi connectivity index (χ3v) is 5.17. The quantitative estimate of drug-likeness (QED) is 0.735. The number of aromatic amines is 1.